The molecular formula is C14H9F3N2O3. The third kappa shape index (κ3) is 2.03. The maximum Gasteiger partial charge on any atom is 0.417 e. The fourth-order valence-corrected chi connectivity index (χ4v) is 2.31. The third-order valence-corrected chi connectivity index (χ3v) is 3.27. The van der Waals surface area contributed by atoms with Crippen molar-refractivity contribution in [3.8, 4) is 16.9 Å². The first-order valence-corrected chi connectivity index (χ1v) is 6.15. The number of alkyl halides is 3. The highest BCUT2D eigenvalue weighted by molar-refractivity contribution is 5.88. The summed E-state index contributed by atoms with van der Waals surface area (Å²) in [5.74, 6) is -0.594. The summed E-state index contributed by atoms with van der Waals surface area (Å²) in [6, 6.07) is 4.49. The number of nitrogens with zero attached hydrogens (tertiary/aromatic N) is 2. The Morgan fingerprint density at radius 2 is 1.95 bits per heavy atom. The van der Waals surface area contributed by atoms with Crippen molar-refractivity contribution in [2.24, 2.45) is 7.05 Å². The largest absolute Gasteiger partial charge is 0.505 e. The number of aromatic nitrogens is 2. The molecule has 5 nitrogen and oxygen atoms in total. The number of rotatable bonds is 1. The molecule has 0 fully saturated rings. The zero-order valence-corrected chi connectivity index (χ0v) is 11.2. The first-order chi connectivity index (χ1) is 10.3. The van der Waals surface area contributed by atoms with Gasteiger partial charge in [-0.2, -0.15) is 18.3 Å². The average Bonchev–Trinajstić information content (AvgIpc) is 2.79. The lowest BCUT2D eigenvalue weighted by Gasteiger charge is -2.13. The molecule has 2 heterocycles. The minimum Gasteiger partial charge on any atom is -0.505 e. The lowest BCUT2D eigenvalue weighted by molar-refractivity contribution is -0.137. The van der Waals surface area contributed by atoms with E-state index in [4.69, 9.17) is 4.42 Å². The highest BCUT2D eigenvalue weighted by Gasteiger charge is 2.35. The maximum atomic E-state index is 13.1. The summed E-state index contributed by atoms with van der Waals surface area (Å²) in [6.07, 6.45) is -3.47. The molecule has 0 aliphatic rings. The molecule has 1 aromatic carbocycles. The van der Waals surface area contributed by atoms with Crippen molar-refractivity contribution < 1.29 is 22.7 Å². The van der Waals surface area contributed by atoms with E-state index < -0.39 is 34.2 Å². The molecule has 0 aliphatic carbocycles. The van der Waals surface area contributed by atoms with Gasteiger partial charge in [-0.1, -0.05) is 18.2 Å². The predicted octanol–water partition coefficient (Wildman–Crippen LogP) is 2.92. The van der Waals surface area contributed by atoms with Gasteiger partial charge in [0.15, 0.2) is 11.3 Å². The van der Waals surface area contributed by atoms with Crippen LogP contribution in [-0.4, -0.2) is 14.9 Å². The number of aromatic hydroxyl groups is 1. The van der Waals surface area contributed by atoms with Crippen molar-refractivity contribution in [2.75, 3.05) is 0 Å². The summed E-state index contributed by atoms with van der Waals surface area (Å²) in [7, 11) is 1.47. The number of halogens is 3. The highest BCUT2D eigenvalue weighted by atomic mass is 19.4. The zero-order chi connectivity index (χ0) is 16.1. The standard InChI is InChI=1S/C14H9F3N2O3/c1-19-11-9(6-18-19)22-13(21)10(12(11)20)7-4-2-3-5-8(7)14(15,16)17/h2-6,20H,1H3. The Kier molecular flexibility index (Phi) is 2.98. The van der Waals surface area contributed by atoms with Crippen LogP contribution in [0.15, 0.2) is 39.7 Å². The molecular weight excluding hydrogens is 301 g/mol. The Morgan fingerprint density at radius 1 is 1.27 bits per heavy atom. The van der Waals surface area contributed by atoms with Crippen molar-refractivity contribution >= 4 is 11.1 Å². The van der Waals surface area contributed by atoms with Gasteiger partial charge >= 0.3 is 11.8 Å². The quantitative estimate of drug-likeness (QED) is 0.750. The molecule has 0 spiro atoms. The number of fused-ring (bicyclic) bond motifs is 1. The molecule has 0 atom stereocenters. The molecule has 0 unspecified atom stereocenters. The van der Waals surface area contributed by atoms with Gasteiger partial charge in [0.1, 0.15) is 11.1 Å². The molecule has 2 aromatic heterocycles. The summed E-state index contributed by atoms with van der Waals surface area (Å²) >= 11 is 0. The molecule has 3 aromatic rings. The Morgan fingerprint density at radius 3 is 2.64 bits per heavy atom. The van der Waals surface area contributed by atoms with Crippen molar-refractivity contribution in [3.63, 3.8) is 0 Å². The van der Waals surface area contributed by atoms with E-state index in [1.807, 2.05) is 0 Å². The summed E-state index contributed by atoms with van der Waals surface area (Å²) < 4.78 is 45.5. The number of hydrogen-bond acceptors (Lipinski definition) is 4. The second-order valence-electron chi connectivity index (χ2n) is 4.64. The first kappa shape index (κ1) is 14.2. The monoisotopic (exact) mass is 310 g/mol. The van der Waals surface area contributed by atoms with Crippen LogP contribution in [0.5, 0.6) is 5.75 Å². The smallest absolute Gasteiger partial charge is 0.417 e. The van der Waals surface area contributed by atoms with E-state index in [-0.39, 0.29) is 11.1 Å². The van der Waals surface area contributed by atoms with Crippen molar-refractivity contribution in [1.29, 1.82) is 0 Å². The van der Waals surface area contributed by atoms with E-state index in [9.17, 15) is 23.1 Å². The number of hydrogen-bond donors (Lipinski definition) is 1. The molecule has 3 rings (SSSR count). The van der Waals surface area contributed by atoms with Crippen LogP contribution < -0.4 is 5.63 Å². The average molecular weight is 310 g/mol. The molecule has 0 bridgehead atoms. The van der Waals surface area contributed by atoms with E-state index in [0.29, 0.717) is 0 Å². The van der Waals surface area contributed by atoms with Gasteiger partial charge in [0, 0.05) is 12.6 Å². The first-order valence-electron chi connectivity index (χ1n) is 6.15. The summed E-state index contributed by atoms with van der Waals surface area (Å²) in [4.78, 5) is 12.0. The summed E-state index contributed by atoms with van der Waals surface area (Å²) in [5, 5.41) is 14.1. The van der Waals surface area contributed by atoms with E-state index in [0.717, 1.165) is 12.1 Å². The van der Waals surface area contributed by atoms with Gasteiger partial charge in [0.25, 0.3) is 0 Å². The van der Waals surface area contributed by atoms with Gasteiger partial charge in [-0.3, -0.25) is 4.68 Å². The van der Waals surface area contributed by atoms with Crippen molar-refractivity contribution in [1.82, 2.24) is 9.78 Å². The van der Waals surface area contributed by atoms with Gasteiger partial charge < -0.3 is 9.52 Å². The fourth-order valence-electron chi connectivity index (χ4n) is 2.31. The molecule has 22 heavy (non-hydrogen) atoms. The van der Waals surface area contributed by atoms with Gasteiger partial charge in [0.05, 0.1) is 11.8 Å². The zero-order valence-electron chi connectivity index (χ0n) is 11.2. The van der Waals surface area contributed by atoms with E-state index in [2.05, 4.69) is 5.10 Å². The molecule has 1 N–H and O–H groups in total. The Balaban J connectivity index is 2.42. The predicted molar refractivity (Wildman–Crippen MR) is 71.4 cm³/mol. The highest BCUT2D eigenvalue weighted by Crippen LogP contribution is 2.40. The summed E-state index contributed by atoms with van der Waals surface area (Å²) in [5.41, 5.74) is -3.02. The molecule has 0 saturated heterocycles. The second kappa shape index (κ2) is 4.62. The Hall–Kier alpha value is -2.77. The fraction of sp³-hybridized carbons (Fsp3) is 0.143. The lowest BCUT2D eigenvalue weighted by atomic mass is 10.00. The molecule has 114 valence electrons. The SMILES string of the molecule is Cn1ncc2oc(=O)c(-c3ccccc3C(F)(F)F)c(O)c21. The van der Waals surface area contributed by atoms with Gasteiger partial charge in [-0.05, 0) is 6.07 Å². The Bertz CT molecular complexity index is 925. The molecule has 0 amide bonds. The van der Waals surface area contributed by atoms with Crippen LogP contribution in [0.4, 0.5) is 13.2 Å². The maximum absolute atomic E-state index is 13.1. The third-order valence-electron chi connectivity index (χ3n) is 3.27. The minimum absolute atomic E-state index is 0.00163. The van der Waals surface area contributed by atoms with E-state index >= 15 is 0 Å². The molecule has 0 saturated carbocycles. The summed E-state index contributed by atoms with van der Waals surface area (Å²) in [6.45, 7) is 0. The number of aryl methyl sites for hydroxylation is 1. The second-order valence-corrected chi connectivity index (χ2v) is 4.64. The van der Waals surface area contributed by atoms with Crippen LogP contribution in [0.25, 0.3) is 22.2 Å². The van der Waals surface area contributed by atoms with Gasteiger partial charge in [-0.15, -0.1) is 0 Å². The van der Waals surface area contributed by atoms with E-state index in [1.165, 1.54) is 30.1 Å². The lowest BCUT2D eigenvalue weighted by Crippen LogP contribution is -2.11. The van der Waals surface area contributed by atoms with Crippen LogP contribution >= 0.6 is 0 Å². The van der Waals surface area contributed by atoms with Crippen LogP contribution in [0.3, 0.4) is 0 Å². The van der Waals surface area contributed by atoms with Crippen molar-refractivity contribution in [2.45, 2.75) is 6.18 Å². The van der Waals surface area contributed by atoms with Gasteiger partial charge in [-0.25, -0.2) is 4.79 Å². The van der Waals surface area contributed by atoms with Gasteiger partial charge in [0.2, 0.25) is 0 Å². The molecule has 0 aliphatic heterocycles. The minimum atomic E-state index is -4.67. The molecule has 0 radical (unpaired) electrons. The van der Waals surface area contributed by atoms with Crippen LogP contribution in [0.2, 0.25) is 0 Å². The topological polar surface area (TPSA) is 68.3 Å². The van der Waals surface area contributed by atoms with Crippen LogP contribution in [0.1, 0.15) is 5.56 Å². The Labute approximate surface area is 121 Å². The number of benzene rings is 1. The molecule has 8 heteroatoms. The van der Waals surface area contributed by atoms with Crippen LogP contribution in [0, 0.1) is 0 Å². The van der Waals surface area contributed by atoms with Crippen LogP contribution in [-0.2, 0) is 13.2 Å². The van der Waals surface area contributed by atoms with E-state index in [1.54, 1.807) is 0 Å². The normalized spacial score (nSPS) is 12.0. The van der Waals surface area contributed by atoms with Crippen molar-refractivity contribution in [3.05, 3.63) is 46.4 Å².